The molecule has 0 rings (SSSR count). The lowest BCUT2D eigenvalue weighted by Crippen LogP contribution is -2.42. The van der Waals surface area contributed by atoms with Crippen molar-refractivity contribution in [3.05, 3.63) is 0 Å². The van der Waals surface area contributed by atoms with Gasteiger partial charge in [0.05, 0.1) is 0 Å². The molecule has 0 aromatic heterocycles. The van der Waals surface area contributed by atoms with Crippen molar-refractivity contribution < 1.29 is 10.0 Å². The van der Waals surface area contributed by atoms with Crippen molar-refractivity contribution >= 4 is 11.7 Å². The predicted molar refractivity (Wildman–Crippen MR) is 81.7 cm³/mol. The number of unbranched alkanes of at least 4 members (excludes halogenated alkanes) is 1. The summed E-state index contributed by atoms with van der Waals surface area (Å²) in [5.41, 5.74) is 5.55. The first-order chi connectivity index (χ1) is 9.31. The molecule has 0 saturated carbocycles. The van der Waals surface area contributed by atoms with Gasteiger partial charge in [0.2, 0.25) is 5.91 Å². The van der Waals surface area contributed by atoms with Gasteiger partial charge in [-0.25, -0.2) is 0 Å². The maximum absolute atomic E-state index is 12.0. The molecule has 0 heterocycles. The highest BCUT2D eigenvalue weighted by molar-refractivity contribution is 6.02. The average Bonchev–Trinajstić information content (AvgIpc) is 2.37. The summed E-state index contributed by atoms with van der Waals surface area (Å²) in [6.07, 6.45) is 1.95. The van der Waals surface area contributed by atoms with Gasteiger partial charge < -0.3 is 21.2 Å². The fourth-order valence-electron chi connectivity index (χ4n) is 1.91. The van der Waals surface area contributed by atoms with Crippen molar-refractivity contribution in [2.24, 2.45) is 22.7 Å². The van der Waals surface area contributed by atoms with Gasteiger partial charge in [0.25, 0.3) is 0 Å². The zero-order valence-electron chi connectivity index (χ0n) is 13.4. The number of rotatable bonds is 9. The molecule has 0 aliphatic heterocycles. The molecule has 6 heteroatoms. The number of amidine groups is 1. The maximum Gasteiger partial charge on any atom is 0.231 e. The van der Waals surface area contributed by atoms with Crippen molar-refractivity contribution in [1.29, 1.82) is 0 Å². The Labute approximate surface area is 122 Å². The lowest BCUT2D eigenvalue weighted by atomic mass is 9.94. The topological polar surface area (TPSA) is 91.0 Å². The van der Waals surface area contributed by atoms with E-state index in [4.69, 9.17) is 10.9 Å². The molecule has 0 aromatic carbocycles. The van der Waals surface area contributed by atoms with E-state index in [2.05, 4.69) is 36.3 Å². The summed E-state index contributed by atoms with van der Waals surface area (Å²) >= 11 is 0. The third-order valence-electron chi connectivity index (χ3n) is 3.50. The van der Waals surface area contributed by atoms with Crippen LogP contribution in [0.15, 0.2) is 5.16 Å². The standard InChI is InChI=1S/C14H30N4O2/c1-10(2)12(13(15)17-20)14(19)16-8-6-7-9-18(5)11(3)4/h10-12,20H,6-9H2,1-5H3,(H2,15,17)(H,16,19). The van der Waals surface area contributed by atoms with Crippen LogP contribution < -0.4 is 11.1 Å². The van der Waals surface area contributed by atoms with Gasteiger partial charge in [-0.15, -0.1) is 0 Å². The Bertz CT molecular complexity index is 316. The first-order valence-electron chi connectivity index (χ1n) is 7.26. The van der Waals surface area contributed by atoms with Gasteiger partial charge in [0.1, 0.15) is 5.92 Å². The molecule has 0 bridgehead atoms. The molecule has 0 fully saturated rings. The minimum Gasteiger partial charge on any atom is -0.409 e. The second-order valence-corrected chi connectivity index (χ2v) is 5.82. The lowest BCUT2D eigenvalue weighted by Gasteiger charge is -2.21. The molecule has 0 aliphatic carbocycles. The first kappa shape index (κ1) is 18.7. The number of amides is 1. The van der Waals surface area contributed by atoms with Crippen LogP contribution in [0.4, 0.5) is 0 Å². The van der Waals surface area contributed by atoms with E-state index < -0.39 is 5.92 Å². The highest BCUT2D eigenvalue weighted by atomic mass is 16.4. The summed E-state index contributed by atoms with van der Waals surface area (Å²) in [5, 5.41) is 14.5. The summed E-state index contributed by atoms with van der Waals surface area (Å²) in [7, 11) is 2.09. The van der Waals surface area contributed by atoms with Gasteiger partial charge in [-0.3, -0.25) is 4.79 Å². The lowest BCUT2D eigenvalue weighted by molar-refractivity contribution is -0.124. The van der Waals surface area contributed by atoms with E-state index in [9.17, 15) is 4.79 Å². The maximum atomic E-state index is 12.0. The molecule has 0 saturated heterocycles. The van der Waals surface area contributed by atoms with Crippen LogP contribution in [-0.2, 0) is 4.79 Å². The molecule has 0 aromatic rings. The van der Waals surface area contributed by atoms with Crippen LogP contribution in [0.5, 0.6) is 0 Å². The monoisotopic (exact) mass is 286 g/mol. The van der Waals surface area contributed by atoms with E-state index in [0.717, 1.165) is 19.4 Å². The normalized spacial score (nSPS) is 14.1. The number of oxime groups is 1. The molecule has 6 nitrogen and oxygen atoms in total. The molecule has 1 unspecified atom stereocenters. The predicted octanol–water partition coefficient (Wildman–Crippen LogP) is 1.24. The number of carbonyl (C=O) groups is 1. The highest BCUT2D eigenvalue weighted by Gasteiger charge is 2.26. The van der Waals surface area contributed by atoms with Crippen molar-refractivity contribution in [2.75, 3.05) is 20.1 Å². The largest absolute Gasteiger partial charge is 0.409 e. The molecular weight excluding hydrogens is 256 g/mol. The minimum absolute atomic E-state index is 0.00188. The third-order valence-corrected chi connectivity index (χ3v) is 3.50. The molecule has 4 N–H and O–H groups in total. The molecule has 0 spiro atoms. The van der Waals surface area contributed by atoms with Gasteiger partial charge in [-0.05, 0) is 46.2 Å². The Balaban J connectivity index is 4.03. The van der Waals surface area contributed by atoms with E-state index in [1.165, 1.54) is 0 Å². The Morgan fingerprint density at radius 3 is 2.35 bits per heavy atom. The van der Waals surface area contributed by atoms with Crippen molar-refractivity contribution in [1.82, 2.24) is 10.2 Å². The van der Waals surface area contributed by atoms with E-state index in [1.54, 1.807) is 0 Å². The van der Waals surface area contributed by atoms with Crippen LogP contribution in [0, 0.1) is 11.8 Å². The second-order valence-electron chi connectivity index (χ2n) is 5.82. The zero-order valence-corrected chi connectivity index (χ0v) is 13.4. The summed E-state index contributed by atoms with van der Waals surface area (Å²) in [6.45, 7) is 9.70. The van der Waals surface area contributed by atoms with Crippen molar-refractivity contribution in [3.8, 4) is 0 Å². The summed E-state index contributed by atoms with van der Waals surface area (Å²) in [5.74, 6) is -0.777. The summed E-state index contributed by atoms with van der Waals surface area (Å²) in [6, 6.07) is 0.537. The van der Waals surface area contributed by atoms with Gasteiger partial charge in [0.15, 0.2) is 5.84 Å². The molecule has 20 heavy (non-hydrogen) atoms. The van der Waals surface area contributed by atoms with E-state index in [1.807, 2.05) is 13.8 Å². The zero-order chi connectivity index (χ0) is 15.7. The Kier molecular flexibility index (Phi) is 8.96. The minimum atomic E-state index is -0.571. The molecule has 1 atom stereocenters. The number of carbonyl (C=O) groups excluding carboxylic acids is 1. The molecule has 0 radical (unpaired) electrons. The highest BCUT2D eigenvalue weighted by Crippen LogP contribution is 2.11. The number of hydrogen-bond acceptors (Lipinski definition) is 4. The Morgan fingerprint density at radius 1 is 1.30 bits per heavy atom. The fraction of sp³-hybridized carbons (Fsp3) is 0.857. The fourth-order valence-corrected chi connectivity index (χ4v) is 1.91. The van der Waals surface area contributed by atoms with Gasteiger partial charge in [-0.1, -0.05) is 19.0 Å². The summed E-state index contributed by atoms with van der Waals surface area (Å²) in [4.78, 5) is 14.3. The van der Waals surface area contributed by atoms with Crippen LogP contribution >= 0.6 is 0 Å². The van der Waals surface area contributed by atoms with Crippen molar-refractivity contribution in [2.45, 2.75) is 46.6 Å². The summed E-state index contributed by atoms with van der Waals surface area (Å²) < 4.78 is 0. The van der Waals surface area contributed by atoms with Crippen LogP contribution in [0.3, 0.4) is 0 Å². The van der Waals surface area contributed by atoms with Gasteiger partial charge >= 0.3 is 0 Å². The molecule has 118 valence electrons. The number of hydrogen-bond donors (Lipinski definition) is 3. The van der Waals surface area contributed by atoms with E-state index in [-0.39, 0.29) is 17.7 Å². The molecular formula is C14H30N4O2. The van der Waals surface area contributed by atoms with Crippen LogP contribution in [0.2, 0.25) is 0 Å². The van der Waals surface area contributed by atoms with Crippen LogP contribution in [-0.4, -0.2) is 48.0 Å². The van der Waals surface area contributed by atoms with Crippen molar-refractivity contribution in [3.63, 3.8) is 0 Å². The first-order valence-corrected chi connectivity index (χ1v) is 7.26. The number of nitrogens with two attached hydrogens (primary N) is 1. The van der Waals surface area contributed by atoms with Gasteiger partial charge in [0, 0.05) is 12.6 Å². The third kappa shape index (κ3) is 6.75. The Morgan fingerprint density at radius 2 is 1.90 bits per heavy atom. The molecule has 1 amide bonds. The van der Waals surface area contributed by atoms with Gasteiger partial charge in [-0.2, -0.15) is 0 Å². The Hall–Kier alpha value is -1.30. The van der Waals surface area contributed by atoms with Crippen LogP contribution in [0.25, 0.3) is 0 Å². The van der Waals surface area contributed by atoms with E-state index >= 15 is 0 Å². The quantitative estimate of drug-likeness (QED) is 0.195. The van der Waals surface area contributed by atoms with Crippen LogP contribution in [0.1, 0.15) is 40.5 Å². The number of nitrogens with one attached hydrogen (secondary N) is 1. The second kappa shape index (κ2) is 9.58. The smallest absolute Gasteiger partial charge is 0.231 e. The molecule has 0 aliphatic rings. The average molecular weight is 286 g/mol. The number of nitrogens with zero attached hydrogens (tertiary/aromatic N) is 2. The van der Waals surface area contributed by atoms with E-state index in [0.29, 0.717) is 12.6 Å². The SMILES string of the molecule is CC(C)C(C(=O)NCCCCN(C)C(C)C)C(N)=NO.